The van der Waals surface area contributed by atoms with E-state index in [2.05, 4.69) is 4.98 Å². The zero-order valence-electron chi connectivity index (χ0n) is 16.4. The molecule has 0 saturated heterocycles. The molecule has 0 bridgehead atoms. The number of fused-ring (bicyclic) bond motifs is 1. The van der Waals surface area contributed by atoms with Gasteiger partial charge in [0.25, 0.3) is 5.91 Å². The molecule has 28 heavy (non-hydrogen) atoms. The normalized spacial score (nSPS) is 11.4. The van der Waals surface area contributed by atoms with Gasteiger partial charge in [0.05, 0.1) is 15.8 Å². The molecule has 148 valence electrons. The van der Waals surface area contributed by atoms with Crippen LogP contribution in [-0.4, -0.2) is 43.0 Å². The van der Waals surface area contributed by atoms with Crippen LogP contribution in [0, 0.1) is 25.5 Å². The Labute approximate surface area is 167 Å². The number of nitrogens with zero attached hydrogens (tertiary/aromatic N) is 3. The van der Waals surface area contributed by atoms with Gasteiger partial charge in [-0.2, -0.15) is 0 Å². The molecule has 2 aromatic carbocycles. The highest BCUT2D eigenvalue weighted by atomic mass is 32.1. The Morgan fingerprint density at radius 2 is 1.86 bits per heavy atom. The second-order valence-electron chi connectivity index (χ2n) is 7.09. The fourth-order valence-electron chi connectivity index (χ4n) is 2.97. The Balaban J connectivity index is 2.01. The summed E-state index contributed by atoms with van der Waals surface area (Å²) >= 11 is 1.40. The first kappa shape index (κ1) is 20.4. The Morgan fingerprint density at radius 1 is 1.11 bits per heavy atom. The molecule has 1 heterocycles. The van der Waals surface area contributed by atoms with E-state index in [-0.39, 0.29) is 5.56 Å². The number of anilines is 1. The van der Waals surface area contributed by atoms with Gasteiger partial charge < -0.3 is 4.90 Å². The second kappa shape index (κ2) is 8.32. The number of amides is 1. The minimum atomic E-state index is -0.865. The van der Waals surface area contributed by atoms with Crippen molar-refractivity contribution in [1.82, 2.24) is 9.88 Å². The molecule has 0 aliphatic rings. The van der Waals surface area contributed by atoms with E-state index in [9.17, 15) is 13.6 Å². The molecule has 1 amide bonds. The van der Waals surface area contributed by atoms with Gasteiger partial charge in [0.1, 0.15) is 11.6 Å². The Bertz CT molecular complexity index is 1020. The van der Waals surface area contributed by atoms with Gasteiger partial charge in [-0.25, -0.2) is 13.8 Å². The number of benzene rings is 2. The topological polar surface area (TPSA) is 36.4 Å². The van der Waals surface area contributed by atoms with Crippen molar-refractivity contribution in [3.8, 4) is 0 Å². The third-order valence-corrected chi connectivity index (χ3v) is 5.74. The second-order valence-corrected chi connectivity index (χ2v) is 8.10. The van der Waals surface area contributed by atoms with Gasteiger partial charge >= 0.3 is 0 Å². The zero-order chi connectivity index (χ0) is 20.4. The molecule has 0 aliphatic heterocycles. The quantitative estimate of drug-likeness (QED) is 0.594. The molecular formula is C21H23F2N3OS. The zero-order valence-corrected chi connectivity index (χ0v) is 17.2. The number of aromatic nitrogens is 1. The van der Waals surface area contributed by atoms with Crippen LogP contribution >= 0.6 is 11.3 Å². The molecule has 0 atom stereocenters. The lowest BCUT2D eigenvalue weighted by atomic mass is 10.1. The van der Waals surface area contributed by atoms with Crippen molar-refractivity contribution >= 4 is 32.6 Å². The van der Waals surface area contributed by atoms with Crippen LogP contribution in [0.25, 0.3) is 10.2 Å². The van der Waals surface area contributed by atoms with Crippen LogP contribution in [0.3, 0.4) is 0 Å². The predicted molar refractivity (Wildman–Crippen MR) is 110 cm³/mol. The summed E-state index contributed by atoms with van der Waals surface area (Å²) in [5, 5.41) is 0.524. The maximum Gasteiger partial charge on any atom is 0.263 e. The number of rotatable bonds is 6. The monoisotopic (exact) mass is 403 g/mol. The van der Waals surface area contributed by atoms with Crippen molar-refractivity contribution in [2.45, 2.75) is 20.3 Å². The third kappa shape index (κ3) is 4.20. The van der Waals surface area contributed by atoms with Gasteiger partial charge in [-0.15, -0.1) is 0 Å². The molecule has 4 nitrogen and oxygen atoms in total. The van der Waals surface area contributed by atoms with Crippen molar-refractivity contribution in [1.29, 1.82) is 0 Å². The first-order valence-corrected chi connectivity index (χ1v) is 9.88. The van der Waals surface area contributed by atoms with Crippen LogP contribution in [0.2, 0.25) is 0 Å². The van der Waals surface area contributed by atoms with Crippen molar-refractivity contribution in [3.63, 3.8) is 0 Å². The van der Waals surface area contributed by atoms with Crippen LogP contribution in [0.1, 0.15) is 27.9 Å². The lowest BCUT2D eigenvalue weighted by molar-refractivity contribution is 0.0982. The summed E-state index contributed by atoms with van der Waals surface area (Å²) in [6, 6.07) is 7.03. The predicted octanol–water partition coefficient (Wildman–Crippen LogP) is 4.79. The van der Waals surface area contributed by atoms with Crippen LogP contribution < -0.4 is 4.90 Å². The van der Waals surface area contributed by atoms with Crippen LogP contribution in [0.15, 0.2) is 30.3 Å². The summed E-state index contributed by atoms with van der Waals surface area (Å²) in [7, 11) is 3.91. The average Bonchev–Trinajstić information content (AvgIpc) is 3.06. The maximum atomic E-state index is 14.2. The summed E-state index contributed by atoms with van der Waals surface area (Å²) in [4.78, 5) is 21.3. The molecule has 0 N–H and O–H groups in total. The molecule has 7 heteroatoms. The third-order valence-electron chi connectivity index (χ3n) is 4.70. The number of carbonyl (C=O) groups excluding carboxylic acids is 1. The molecule has 3 rings (SSSR count). The maximum absolute atomic E-state index is 14.2. The van der Waals surface area contributed by atoms with E-state index in [1.807, 2.05) is 45.0 Å². The van der Waals surface area contributed by atoms with Gasteiger partial charge in [0, 0.05) is 12.6 Å². The molecule has 0 spiro atoms. The number of hydrogen-bond donors (Lipinski definition) is 0. The first-order chi connectivity index (χ1) is 13.3. The summed E-state index contributed by atoms with van der Waals surface area (Å²) in [5.41, 5.74) is 2.89. The number of aryl methyl sites for hydroxylation is 2. The van der Waals surface area contributed by atoms with E-state index >= 15 is 0 Å². The van der Waals surface area contributed by atoms with Crippen LogP contribution in [-0.2, 0) is 0 Å². The number of halogens is 2. The first-order valence-electron chi connectivity index (χ1n) is 9.06. The van der Waals surface area contributed by atoms with Gasteiger partial charge in [0.2, 0.25) is 0 Å². The summed E-state index contributed by atoms with van der Waals surface area (Å²) in [6.07, 6.45) is 0.704. The lowest BCUT2D eigenvalue weighted by Crippen LogP contribution is -2.34. The largest absolute Gasteiger partial charge is 0.309 e. The standard InChI is InChI=1S/C21H23F2N3OS/c1-13-6-9-18-19(14(13)2)24-21(28-18)26(11-5-10-25(3)4)20(27)16-8-7-15(22)12-17(16)23/h6-9,12H,5,10-11H2,1-4H3. The molecule has 0 fully saturated rings. The van der Waals surface area contributed by atoms with E-state index in [0.717, 1.165) is 40.0 Å². The summed E-state index contributed by atoms with van der Waals surface area (Å²) in [6.45, 7) is 5.19. The highest BCUT2D eigenvalue weighted by Crippen LogP contribution is 2.33. The highest BCUT2D eigenvalue weighted by molar-refractivity contribution is 7.22. The summed E-state index contributed by atoms with van der Waals surface area (Å²) in [5.74, 6) is -2.08. The van der Waals surface area contributed by atoms with E-state index in [1.54, 1.807) is 0 Å². The minimum Gasteiger partial charge on any atom is -0.309 e. The van der Waals surface area contributed by atoms with Crippen LogP contribution in [0.5, 0.6) is 0 Å². The molecule has 0 aliphatic carbocycles. The number of thiazole rings is 1. The fourth-order valence-corrected chi connectivity index (χ4v) is 4.02. The molecule has 0 saturated carbocycles. The molecule has 3 aromatic rings. The smallest absolute Gasteiger partial charge is 0.263 e. The lowest BCUT2D eigenvalue weighted by Gasteiger charge is -2.21. The van der Waals surface area contributed by atoms with Gasteiger partial charge in [-0.05, 0) is 70.2 Å². The van der Waals surface area contributed by atoms with Gasteiger partial charge in [0.15, 0.2) is 5.13 Å². The Kier molecular flexibility index (Phi) is 6.05. The molecule has 0 unspecified atom stereocenters. The van der Waals surface area contributed by atoms with Gasteiger partial charge in [-0.1, -0.05) is 17.4 Å². The van der Waals surface area contributed by atoms with E-state index in [0.29, 0.717) is 18.1 Å². The number of carbonyl (C=O) groups is 1. The highest BCUT2D eigenvalue weighted by Gasteiger charge is 2.24. The minimum absolute atomic E-state index is 0.154. The summed E-state index contributed by atoms with van der Waals surface area (Å²) < 4.78 is 28.5. The van der Waals surface area contributed by atoms with E-state index in [1.165, 1.54) is 22.3 Å². The van der Waals surface area contributed by atoms with Crippen molar-refractivity contribution in [2.75, 3.05) is 32.1 Å². The van der Waals surface area contributed by atoms with Crippen molar-refractivity contribution in [3.05, 3.63) is 58.7 Å². The SMILES string of the molecule is Cc1ccc2sc(N(CCCN(C)C)C(=O)c3ccc(F)cc3F)nc2c1C. The molecule has 1 aromatic heterocycles. The molecule has 0 radical (unpaired) electrons. The van der Waals surface area contributed by atoms with E-state index in [4.69, 9.17) is 0 Å². The van der Waals surface area contributed by atoms with Crippen molar-refractivity contribution in [2.24, 2.45) is 0 Å². The van der Waals surface area contributed by atoms with Crippen molar-refractivity contribution < 1.29 is 13.6 Å². The van der Waals surface area contributed by atoms with Crippen LogP contribution in [0.4, 0.5) is 13.9 Å². The Morgan fingerprint density at radius 3 is 2.54 bits per heavy atom. The van der Waals surface area contributed by atoms with E-state index < -0.39 is 17.5 Å². The average molecular weight is 403 g/mol. The molecular weight excluding hydrogens is 380 g/mol. The Hall–Kier alpha value is -2.38. The number of hydrogen-bond acceptors (Lipinski definition) is 4. The van der Waals surface area contributed by atoms with Gasteiger partial charge in [-0.3, -0.25) is 9.69 Å². The fraction of sp³-hybridized carbons (Fsp3) is 0.333.